The van der Waals surface area contributed by atoms with Crippen LogP contribution >= 0.6 is 15.9 Å². The molecule has 0 aliphatic heterocycles. The predicted molar refractivity (Wildman–Crippen MR) is 88.5 cm³/mol. The lowest BCUT2D eigenvalue weighted by Gasteiger charge is -2.11. The molecule has 4 nitrogen and oxygen atoms in total. The number of nitrogens with one attached hydrogen (secondary N) is 1. The van der Waals surface area contributed by atoms with Crippen LogP contribution in [0.4, 0.5) is 11.4 Å². The van der Waals surface area contributed by atoms with Gasteiger partial charge in [0.05, 0.1) is 5.69 Å². The van der Waals surface area contributed by atoms with Crippen molar-refractivity contribution in [2.24, 2.45) is 0 Å². The zero-order valence-electron chi connectivity index (χ0n) is 11.7. The number of benzene rings is 2. The highest BCUT2D eigenvalue weighted by Crippen LogP contribution is 2.24. The number of anilines is 2. The molecule has 0 radical (unpaired) electrons. The quantitative estimate of drug-likeness (QED) is 0.811. The maximum Gasteiger partial charge on any atom is 0.262 e. The number of amides is 1. The molecule has 0 saturated carbocycles. The van der Waals surface area contributed by atoms with E-state index in [4.69, 9.17) is 10.5 Å². The Hall–Kier alpha value is -2.01. The Morgan fingerprint density at radius 1 is 1.29 bits per heavy atom. The van der Waals surface area contributed by atoms with Crippen molar-refractivity contribution in [2.75, 3.05) is 17.7 Å². The molecule has 1 amide bonds. The minimum absolute atomic E-state index is 0.0339. The zero-order chi connectivity index (χ0) is 15.2. The molecule has 0 aliphatic carbocycles. The summed E-state index contributed by atoms with van der Waals surface area (Å²) in [7, 11) is 0. The number of nitrogen functional groups attached to an aromatic ring is 1. The first-order valence-electron chi connectivity index (χ1n) is 6.65. The van der Waals surface area contributed by atoms with E-state index in [-0.39, 0.29) is 12.5 Å². The van der Waals surface area contributed by atoms with Crippen LogP contribution in [0.1, 0.15) is 12.5 Å². The molecule has 2 aromatic carbocycles. The fourth-order valence-corrected chi connectivity index (χ4v) is 2.39. The van der Waals surface area contributed by atoms with Gasteiger partial charge in [0, 0.05) is 10.2 Å². The molecule has 2 aromatic rings. The first kappa shape index (κ1) is 15.4. The Labute approximate surface area is 132 Å². The van der Waals surface area contributed by atoms with Crippen LogP contribution in [0.3, 0.4) is 0 Å². The minimum Gasteiger partial charge on any atom is -0.483 e. The third kappa shape index (κ3) is 4.23. The van der Waals surface area contributed by atoms with Gasteiger partial charge in [-0.25, -0.2) is 0 Å². The van der Waals surface area contributed by atoms with Crippen LogP contribution in [0.25, 0.3) is 0 Å². The van der Waals surface area contributed by atoms with Crippen LogP contribution in [0.15, 0.2) is 46.9 Å². The molecular formula is C16H17BrN2O2. The lowest BCUT2D eigenvalue weighted by Crippen LogP contribution is -2.20. The summed E-state index contributed by atoms with van der Waals surface area (Å²) >= 11 is 3.36. The third-order valence-electron chi connectivity index (χ3n) is 2.98. The highest BCUT2D eigenvalue weighted by Gasteiger charge is 2.08. The van der Waals surface area contributed by atoms with Crippen molar-refractivity contribution in [1.82, 2.24) is 0 Å². The van der Waals surface area contributed by atoms with Crippen molar-refractivity contribution >= 4 is 33.2 Å². The second-order valence-electron chi connectivity index (χ2n) is 4.54. The number of halogens is 1. The number of carbonyl (C=O) groups excluding carboxylic acids is 1. The number of aryl methyl sites for hydroxylation is 1. The molecule has 0 bridgehead atoms. The average molecular weight is 349 g/mol. The van der Waals surface area contributed by atoms with Gasteiger partial charge in [0.15, 0.2) is 6.61 Å². The van der Waals surface area contributed by atoms with Crippen molar-refractivity contribution in [3.05, 3.63) is 52.5 Å². The summed E-state index contributed by atoms with van der Waals surface area (Å²) in [5.41, 5.74) is 8.04. The minimum atomic E-state index is -0.216. The third-order valence-corrected chi connectivity index (χ3v) is 3.64. The number of para-hydroxylation sites is 1. The summed E-state index contributed by atoms with van der Waals surface area (Å²) in [6, 6.07) is 12.9. The molecule has 5 heteroatoms. The molecule has 0 aromatic heterocycles. The Morgan fingerprint density at radius 2 is 2.05 bits per heavy atom. The van der Waals surface area contributed by atoms with Gasteiger partial charge >= 0.3 is 0 Å². The first-order chi connectivity index (χ1) is 10.1. The second kappa shape index (κ2) is 7.13. The summed E-state index contributed by atoms with van der Waals surface area (Å²) in [5.74, 6) is 0.526. The maximum absolute atomic E-state index is 11.9. The van der Waals surface area contributed by atoms with Gasteiger partial charge in [-0.1, -0.05) is 25.1 Å². The van der Waals surface area contributed by atoms with Gasteiger partial charge in [-0.3, -0.25) is 4.79 Å². The smallest absolute Gasteiger partial charge is 0.262 e. The number of nitrogens with two attached hydrogens (primary N) is 1. The predicted octanol–water partition coefficient (Wildman–Crippen LogP) is 3.61. The monoisotopic (exact) mass is 348 g/mol. The van der Waals surface area contributed by atoms with Gasteiger partial charge in [-0.2, -0.15) is 0 Å². The molecule has 2 rings (SSSR count). The van der Waals surface area contributed by atoms with Crippen LogP contribution in [-0.2, 0) is 11.2 Å². The standard InChI is InChI=1S/C16H17BrN2O2/c1-2-11-5-3-4-6-15(11)21-10-16(20)19-14-8-7-12(18)9-13(14)17/h3-9H,2,10,18H2,1H3,(H,19,20). The van der Waals surface area contributed by atoms with E-state index in [9.17, 15) is 4.79 Å². The highest BCUT2D eigenvalue weighted by molar-refractivity contribution is 9.10. The molecule has 3 N–H and O–H groups in total. The van der Waals surface area contributed by atoms with Gasteiger partial charge in [-0.05, 0) is 52.2 Å². The van der Waals surface area contributed by atoms with Gasteiger partial charge in [0.1, 0.15) is 5.75 Å². The van der Waals surface area contributed by atoms with Crippen molar-refractivity contribution in [3.63, 3.8) is 0 Å². The molecule has 21 heavy (non-hydrogen) atoms. The van der Waals surface area contributed by atoms with Crippen LogP contribution in [-0.4, -0.2) is 12.5 Å². The highest BCUT2D eigenvalue weighted by atomic mass is 79.9. The van der Waals surface area contributed by atoms with E-state index in [1.54, 1.807) is 18.2 Å². The van der Waals surface area contributed by atoms with Crippen LogP contribution in [0, 0.1) is 0 Å². The molecule has 0 heterocycles. The fraction of sp³-hybridized carbons (Fsp3) is 0.188. The van der Waals surface area contributed by atoms with E-state index in [2.05, 4.69) is 21.2 Å². The number of hydrogen-bond donors (Lipinski definition) is 2. The summed E-state index contributed by atoms with van der Waals surface area (Å²) in [6.45, 7) is 2.02. The summed E-state index contributed by atoms with van der Waals surface area (Å²) in [6.07, 6.45) is 0.862. The van der Waals surface area contributed by atoms with Crippen LogP contribution in [0.5, 0.6) is 5.75 Å². The first-order valence-corrected chi connectivity index (χ1v) is 7.45. The Balaban J connectivity index is 1.96. The van der Waals surface area contributed by atoms with Gasteiger partial charge in [0.25, 0.3) is 5.91 Å². The van der Waals surface area contributed by atoms with E-state index >= 15 is 0 Å². The SMILES string of the molecule is CCc1ccccc1OCC(=O)Nc1ccc(N)cc1Br. The largest absolute Gasteiger partial charge is 0.483 e. The number of ether oxygens (including phenoxy) is 1. The molecular weight excluding hydrogens is 332 g/mol. The van der Waals surface area contributed by atoms with Crippen LogP contribution in [0.2, 0.25) is 0 Å². The number of hydrogen-bond acceptors (Lipinski definition) is 3. The molecule has 0 saturated heterocycles. The lowest BCUT2D eigenvalue weighted by molar-refractivity contribution is -0.118. The van der Waals surface area contributed by atoms with Crippen molar-refractivity contribution < 1.29 is 9.53 Å². The fourth-order valence-electron chi connectivity index (χ4n) is 1.90. The molecule has 0 spiro atoms. The molecule has 0 atom stereocenters. The normalized spacial score (nSPS) is 10.2. The zero-order valence-corrected chi connectivity index (χ0v) is 13.3. The Kier molecular flexibility index (Phi) is 5.22. The topological polar surface area (TPSA) is 64.3 Å². The molecule has 0 fully saturated rings. The number of carbonyl (C=O) groups is 1. The van der Waals surface area contributed by atoms with E-state index in [1.807, 2.05) is 31.2 Å². The van der Waals surface area contributed by atoms with Crippen molar-refractivity contribution in [2.45, 2.75) is 13.3 Å². The Morgan fingerprint density at radius 3 is 2.76 bits per heavy atom. The lowest BCUT2D eigenvalue weighted by atomic mass is 10.1. The van der Waals surface area contributed by atoms with Crippen LogP contribution < -0.4 is 15.8 Å². The summed E-state index contributed by atoms with van der Waals surface area (Å²) in [5, 5.41) is 2.78. The van der Waals surface area contributed by atoms with E-state index < -0.39 is 0 Å². The number of rotatable bonds is 5. The van der Waals surface area contributed by atoms with E-state index in [0.717, 1.165) is 22.2 Å². The Bertz CT molecular complexity index is 644. The average Bonchev–Trinajstić information content (AvgIpc) is 2.48. The van der Waals surface area contributed by atoms with Gasteiger partial charge in [0.2, 0.25) is 0 Å². The summed E-state index contributed by atoms with van der Waals surface area (Å²) < 4.78 is 6.31. The van der Waals surface area contributed by atoms with E-state index in [0.29, 0.717) is 11.4 Å². The van der Waals surface area contributed by atoms with Crippen molar-refractivity contribution in [1.29, 1.82) is 0 Å². The maximum atomic E-state index is 11.9. The molecule has 0 aliphatic rings. The van der Waals surface area contributed by atoms with Crippen molar-refractivity contribution in [3.8, 4) is 5.75 Å². The second-order valence-corrected chi connectivity index (χ2v) is 5.39. The molecule has 0 unspecified atom stereocenters. The van der Waals surface area contributed by atoms with E-state index in [1.165, 1.54) is 0 Å². The molecule has 110 valence electrons. The van der Waals surface area contributed by atoms with Gasteiger partial charge < -0.3 is 15.8 Å². The van der Waals surface area contributed by atoms with Gasteiger partial charge in [-0.15, -0.1) is 0 Å². The summed E-state index contributed by atoms with van der Waals surface area (Å²) in [4.78, 5) is 11.9.